The van der Waals surface area contributed by atoms with E-state index in [1.165, 1.54) is 30.4 Å². The van der Waals surface area contributed by atoms with Gasteiger partial charge in [-0.1, -0.05) is 36.8 Å². The van der Waals surface area contributed by atoms with Crippen molar-refractivity contribution in [2.75, 3.05) is 46.9 Å². The van der Waals surface area contributed by atoms with Gasteiger partial charge in [0.05, 0.1) is 13.2 Å². The molecule has 2 fully saturated rings. The third kappa shape index (κ3) is 6.33. The molecule has 2 aromatic rings. The Bertz CT molecular complexity index is 968. The van der Waals surface area contributed by atoms with Crippen LogP contribution in [0.2, 0.25) is 0 Å². The third-order valence-corrected chi connectivity index (χ3v) is 7.66. The summed E-state index contributed by atoms with van der Waals surface area (Å²) >= 11 is 0. The number of nitrogens with zero attached hydrogens (tertiary/aromatic N) is 3. The van der Waals surface area contributed by atoms with Crippen molar-refractivity contribution >= 4 is 5.91 Å². The van der Waals surface area contributed by atoms with Crippen LogP contribution in [0.4, 0.5) is 0 Å². The summed E-state index contributed by atoms with van der Waals surface area (Å²) in [4.78, 5) is 20.0. The molecule has 2 atom stereocenters. The number of ether oxygens (including phenoxy) is 1. The summed E-state index contributed by atoms with van der Waals surface area (Å²) in [5.74, 6) is 1.04. The summed E-state index contributed by atoms with van der Waals surface area (Å²) in [5.41, 5.74) is 3.26. The number of hydrogen-bond donors (Lipinski definition) is 0. The predicted octanol–water partition coefficient (Wildman–Crippen LogP) is 5.38. The number of likely N-dealkylation sites (tertiary alicyclic amines) is 2. The van der Waals surface area contributed by atoms with Crippen LogP contribution in [0.25, 0.3) is 0 Å². The van der Waals surface area contributed by atoms with Crippen molar-refractivity contribution in [2.24, 2.45) is 0 Å². The van der Waals surface area contributed by atoms with Crippen LogP contribution in [0.3, 0.4) is 0 Å². The van der Waals surface area contributed by atoms with Crippen LogP contribution in [-0.4, -0.2) is 73.5 Å². The molecule has 0 aromatic heterocycles. The van der Waals surface area contributed by atoms with Crippen molar-refractivity contribution in [3.8, 4) is 5.75 Å². The third-order valence-electron chi connectivity index (χ3n) is 7.66. The summed E-state index contributed by atoms with van der Waals surface area (Å²) in [5, 5.41) is 0. The Balaban J connectivity index is 1.61. The molecule has 2 aliphatic rings. The number of carbonyl (C=O) groups excluding carboxylic acids is 1. The highest BCUT2D eigenvalue weighted by Gasteiger charge is 2.27. The van der Waals surface area contributed by atoms with E-state index in [0.29, 0.717) is 6.04 Å². The van der Waals surface area contributed by atoms with Crippen molar-refractivity contribution in [2.45, 2.75) is 50.6 Å². The van der Waals surface area contributed by atoms with Crippen LogP contribution in [0.5, 0.6) is 5.75 Å². The predicted molar refractivity (Wildman–Crippen MR) is 143 cm³/mol. The van der Waals surface area contributed by atoms with Gasteiger partial charge in [-0.25, -0.2) is 0 Å². The van der Waals surface area contributed by atoms with Crippen molar-refractivity contribution in [1.82, 2.24) is 14.7 Å². The Labute approximate surface area is 211 Å². The van der Waals surface area contributed by atoms with Gasteiger partial charge in [-0.15, -0.1) is 6.58 Å². The van der Waals surface area contributed by atoms with E-state index >= 15 is 0 Å². The topological polar surface area (TPSA) is 36.0 Å². The summed E-state index contributed by atoms with van der Waals surface area (Å²) in [7, 11) is 3.94. The van der Waals surface area contributed by atoms with E-state index in [9.17, 15) is 4.79 Å². The largest absolute Gasteiger partial charge is 0.497 e. The molecule has 2 heterocycles. The van der Waals surface area contributed by atoms with E-state index in [2.05, 4.69) is 53.8 Å². The van der Waals surface area contributed by atoms with Gasteiger partial charge in [-0.05, 0) is 81.1 Å². The van der Waals surface area contributed by atoms with E-state index in [0.717, 1.165) is 63.3 Å². The minimum absolute atomic E-state index is 0.129. The first kappa shape index (κ1) is 25.5. The smallest absolute Gasteiger partial charge is 0.253 e. The highest BCUT2D eigenvalue weighted by Crippen LogP contribution is 2.33. The van der Waals surface area contributed by atoms with Gasteiger partial charge >= 0.3 is 0 Å². The molecule has 0 saturated carbocycles. The van der Waals surface area contributed by atoms with Crippen molar-refractivity contribution in [3.63, 3.8) is 0 Å². The Hall–Kier alpha value is -2.63. The normalized spacial score (nSPS) is 20.3. The molecule has 35 heavy (non-hydrogen) atoms. The van der Waals surface area contributed by atoms with Crippen LogP contribution in [0, 0.1) is 0 Å². The molecule has 2 unspecified atom stereocenters. The minimum atomic E-state index is 0.129. The first-order chi connectivity index (χ1) is 17.1. The zero-order valence-electron chi connectivity index (χ0n) is 21.5. The Morgan fingerprint density at radius 2 is 1.77 bits per heavy atom. The van der Waals surface area contributed by atoms with E-state index < -0.39 is 0 Å². The molecule has 2 aromatic carbocycles. The fourth-order valence-electron chi connectivity index (χ4n) is 5.65. The second-order valence-corrected chi connectivity index (χ2v) is 10.0. The molecule has 0 N–H and O–H groups in total. The fraction of sp³-hybridized carbons (Fsp3) is 0.500. The van der Waals surface area contributed by atoms with Gasteiger partial charge in [-0.2, -0.15) is 0 Å². The minimum Gasteiger partial charge on any atom is -0.497 e. The number of methoxy groups -OCH3 is 1. The Kier molecular flexibility index (Phi) is 9.00. The second kappa shape index (κ2) is 12.4. The lowest BCUT2D eigenvalue weighted by Crippen LogP contribution is -2.40. The number of benzene rings is 2. The Morgan fingerprint density at radius 3 is 2.49 bits per heavy atom. The fourth-order valence-corrected chi connectivity index (χ4v) is 5.65. The van der Waals surface area contributed by atoms with Crippen molar-refractivity contribution in [1.29, 1.82) is 0 Å². The van der Waals surface area contributed by atoms with Crippen molar-refractivity contribution < 1.29 is 9.53 Å². The van der Waals surface area contributed by atoms with E-state index in [1.54, 1.807) is 7.11 Å². The molecule has 0 bridgehead atoms. The lowest BCUT2D eigenvalue weighted by Gasteiger charge is -2.37. The average molecular weight is 476 g/mol. The molecular formula is C30H41N3O2. The van der Waals surface area contributed by atoms with Crippen molar-refractivity contribution in [3.05, 3.63) is 77.9 Å². The molecule has 0 spiro atoms. The van der Waals surface area contributed by atoms with E-state index in [-0.39, 0.29) is 11.9 Å². The molecule has 188 valence electrons. The number of amides is 1. The standard InChI is InChI=1S/C30H41N3O2/c1-4-18-31(2)27-11-5-6-19-32(22-17-27)29(26-10-9-12-28(23-26)35-3)24-13-15-25(16-14-24)30(34)33-20-7-8-21-33/h4,9-10,12-16,23,27,29H,1,5-8,11,17-22H2,2-3H3. The SMILES string of the molecule is C=CCN(C)C1CCCCN(C(c2ccc(C(=O)N3CCCC3)cc2)c2cccc(OC)c2)CC1. The van der Waals surface area contributed by atoms with Gasteiger partial charge in [0, 0.05) is 37.8 Å². The van der Waals surface area contributed by atoms with Crippen LogP contribution in [0.15, 0.2) is 61.2 Å². The van der Waals surface area contributed by atoms with E-state index in [4.69, 9.17) is 4.74 Å². The van der Waals surface area contributed by atoms with Gasteiger partial charge in [0.2, 0.25) is 0 Å². The lowest BCUT2D eigenvalue weighted by atomic mass is 9.93. The maximum Gasteiger partial charge on any atom is 0.253 e. The van der Waals surface area contributed by atoms with Crippen LogP contribution in [-0.2, 0) is 0 Å². The summed E-state index contributed by atoms with van der Waals surface area (Å²) in [6.07, 6.45) is 9.02. The zero-order chi connectivity index (χ0) is 24.6. The summed E-state index contributed by atoms with van der Waals surface area (Å²) < 4.78 is 5.57. The van der Waals surface area contributed by atoms with Gasteiger partial charge in [0.15, 0.2) is 0 Å². The van der Waals surface area contributed by atoms with Crippen LogP contribution >= 0.6 is 0 Å². The zero-order valence-corrected chi connectivity index (χ0v) is 21.5. The second-order valence-electron chi connectivity index (χ2n) is 10.0. The first-order valence-electron chi connectivity index (χ1n) is 13.2. The first-order valence-corrected chi connectivity index (χ1v) is 13.2. The van der Waals surface area contributed by atoms with Crippen LogP contribution in [0.1, 0.15) is 66.1 Å². The average Bonchev–Trinajstić information content (AvgIpc) is 3.41. The molecule has 2 aliphatic heterocycles. The quantitative estimate of drug-likeness (QED) is 0.480. The monoisotopic (exact) mass is 475 g/mol. The summed E-state index contributed by atoms with van der Waals surface area (Å²) in [6, 6.07) is 17.5. The Morgan fingerprint density at radius 1 is 1.03 bits per heavy atom. The highest BCUT2D eigenvalue weighted by molar-refractivity contribution is 5.94. The van der Waals surface area contributed by atoms with Gasteiger partial charge in [0.1, 0.15) is 5.75 Å². The van der Waals surface area contributed by atoms with Crippen LogP contribution < -0.4 is 4.74 Å². The maximum atomic E-state index is 12.9. The maximum absolute atomic E-state index is 12.9. The highest BCUT2D eigenvalue weighted by atomic mass is 16.5. The molecule has 0 aliphatic carbocycles. The molecular weight excluding hydrogens is 434 g/mol. The number of rotatable bonds is 8. The molecule has 5 heteroatoms. The number of carbonyl (C=O) groups is 1. The molecule has 1 amide bonds. The molecule has 5 nitrogen and oxygen atoms in total. The van der Waals surface area contributed by atoms with Gasteiger partial charge < -0.3 is 9.64 Å². The van der Waals surface area contributed by atoms with Gasteiger partial charge in [0.25, 0.3) is 5.91 Å². The van der Waals surface area contributed by atoms with Gasteiger partial charge in [-0.3, -0.25) is 14.6 Å². The number of likely N-dealkylation sites (N-methyl/N-ethyl adjacent to an activating group) is 1. The lowest BCUT2D eigenvalue weighted by molar-refractivity contribution is 0.0792. The molecule has 4 rings (SSSR count). The molecule has 2 saturated heterocycles. The number of hydrogen-bond acceptors (Lipinski definition) is 4. The molecule has 0 radical (unpaired) electrons. The van der Waals surface area contributed by atoms with E-state index in [1.807, 2.05) is 29.2 Å². The summed E-state index contributed by atoms with van der Waals surface area (Å²) in [6.45, 7) is 8.71.